The van der Waals surface area contributed by atoms with Gasteiger partial charge in [-0.05, 0) is 0 Å². The number of aliphatic hydroxyl groups excluding tert-OH is 4. The van der Waals surface area contributed by atoms with E-state index in [9.17, 15) is 15.3 Å². The van der Waals surface area contributed by atoms with E-state index in [0.29, 0.717) is 5.75 Å². The molecule has 0 aliphatic carbocycles. The lowest BCUT2D eigenvalue weighted by Crippen LogP contribution is -2.59. The van der Waals surface area contributed by atoms with Gasteiger partial charge in [-0.15, -0.1) is 0 Å². The Morgan fingerprint density at radius 1 is 1.20 bits per heavy atom. The molecule has 15 heavy (non-hydrogen) atoms. The van der Waals surface area contributed by atoms with E-state index in [-0.39, 0.29) is 6.61 Å². The first-order chi connectivity index (χ1) is 7.11. The minimum atomic E-state index is -1.36. The molecule has 0 spiro atoms. The van der Waals surface area contributed by atoms with Crippen LogP contribution in [0.4, 0.5) is 0 Å². The highest BCUT2D eigenvalue weighted by molar-refractivity contribution is 7.80. The highest BCUT2D eigenvalue weighted by atomic mass is 32.1. The summed E-state index contributed by atoms with van der Waals surface area (Å²) in [7, 11) is 0. The van der Waals surface area contributed by atoms with Gasteiger partial charge >= 0.3 is 0 Å². The Morgan fingerprint density at radius 3 is 2.40 bits per heavy atom. The summed E-state index contributed by atoms with van der Waals surface area (Å²) in [4.78, 5) is 0. The molecule has 0 amide bonds. The summed E-state index contributed by atoms with van der Waals surface area (Å²) in [6, 6.07) is 0. The van der Waals surface area contributed by atoms with E-state index in [1.165, 1.54) is 0 Å². The Labute approximate surface area is 92.8 Å². The zero-order chi connectivity index (χ0) is 11.4. The van der Waals surface area contributed by atoms with E-state index in [1.807, 2.05) is 0 Å². The van der Waals surface area contributed by atoms with Crippen LogP contribution in [0.3, 0.4) is 0 Å². The first-order valence-electron chi connectivity index (χ1n) is 4.64. The molecule has 0 aromatic carbocycles. The maximum absolute atomic E-state index is 9.58. The van der Waals surface area contributed by atoms with E-state index in [2.05, 4.69) is 12.6 Å². The molecule has 1 saturated heterocycles. The second-order valence-corrected chi connectivity index (χ2v) is 3.74. The number of hydrogen-bond donors (Lipinski definition) is 5. The Morgan fingerprint density at radius 2 is 1.87 bits per heavy atom. The molecule has 0 bridgehead atoms. The summed E-state index contributed by atoms with van der Waals surface area (Å²) < 4.78 is 9.95. The van der Waals surface area contributed by atoms with Crippen molar-refractivity contribution >= 4 is 12.6 Å². The fourth-order valence-corrected chi connectivity index (χ4v) is 1.55. The molecule has 90 valence electrons. The first-order valence-corrected chi connectivity index (χ1v) is 5.28. The van der Waals surface area contributed by atoms with Gasteiger partial charge in [0.05, 0.1) is 13.2 Å². The van der Waals surface area contributed by atoms with E-state index < -0.39 is 37.3 Å². The molecule has 1 rings (SSSR count). The minimum Gasteiger partial charge on any atom is -0.394 e. The molecule has 4 N–H and O–H groups in total. The van der Waals surface area contributed by atoms with Gasteiger partial charge in [-0.1, -0.05) is 0 Å². The summed E-state index contributed by atoms with van der Waals surface area (Å²) in [5.74, 6) is 0.426. The molecule has 0 saturated carbocycles. The van der Waals surface area contributed by atoms with Crippen LogP contribution in [-0.4, -0.2) is 70.1 Å². The normalized spacial score (nSPS) is 41.8. The van der Waals surface area contributed by atoms with Crippen LogP contribution in [0.1, 0.15) is 0 Å². The Bertz CT molecular complexity index is 192. The molecule has 1 heterocycles. The van der Waals surface area contributed by atoms with Crippen molar-refractivity contribution in [2.24, 2.45) is 0 Å². The monoisotopic (exact) mass is 240 g/mol. The van der Waals surface area contributed by atoms with Gasteiger partial charge in [-0.25, -0.2) is 0 Å². The van der Waals surface area contributed by atoms with Gasteiger partial charge in [-0.3, -0.25) is 0 Å². The van der Waals surface area contributed by atoms with Gasteiger partial charge in [0.1, 0.15) is 24.4 Å². The van der Waals surface area contributed by atoms with E-state index in [4.69, 9.17) is 14.6 Å². The molecule has 1 fully saturated rings. The third-order valence-corrected chi connectivity index (χ3v) is 2.43. The molecule has 6 nitrogen and oxygen atoms in total. The van der Waals surface area contributed by atoms with Crippen LogP contribution in [0.5, 0.6) is 0 Å². The SMILES string of the molecule is OC[C@H]1O[C@H](O)[C@H](OCCS)[C@@H](O)[C@H]1O. The lowest BCUT2D eigenvalue weighted by Gasteiger charge is -2.39. The van der Waals surface area contributed by atoms with Crippen molar-refractivity contribution in [2.75, 3.05) is 19.0 Å². The zero-order valence-corrected chi connectivity index (χ0v) is 8.96. The number of thiol groups is 1. The van der Waals surface area contributed by atoms with Gasteiger partial charge < -0.3 is 29.9 Å². The second kappa shape index (κ2) is 6.00. The van der Waals surface area contributed by atoms with Crippen LogP contribution in [-0.2, 0) is 9.47 Å². The molecule has 1 aliphatic heterocycles. The Hall–Kier alpha value is 0.110. The average molecular weight is 240 g/mol. The fourth-order valence-electron chi connectivity index (χ4n) is 1.44. The summed E-state index contributed by atoms with van der Waals surface area (Å²) in [6.45, 7) is -0.254. The summed E-state index contributed by atoms with van der Waals surface area (Å²) in [6.07, 6.45) is -5.93. The van der Waals surface area contributed by atoms with Crippen molar-refractivity contribution in [3.05, 3.63) is 0 Å². The highest BCUT2D eigenvalue weighted by Gasteiger charge is 2.44. The van der Waals surface area contributed by atoms with Crippen molar-refractivity contribution in [1.82, 2.24) is 0 Å². The maximum atomic E-state index is 9.58. The van der Waals surface area contributed by atoms with Crippen molar-refractivity contribution in [3.8, 4) is 0 Å². The summed E-state index contributed by atoms with van der Waals surface area (Å²) in [5, 5.41) is 37.3. The second-order valence-electron chi connectivity index (χ2n) is 3.29. The van der Waals surface area contributed by atoms with Gasteiger partial charge in [-0.2, -0.15) is 12.6 Å². The molecular formula is C8H16O6S. The van der Waals surface area contributed by atoms with Crippen LogP contribution in [0.15, 0.2) is 0 Å². The topological polar surface area (TPSA) is 99.4 Å². The number of rotatable bonds is 4. The molecule has 0 aromatic heterocycles. The standard InChI is InChI=1S/C8H16O6S/c9-3-4-5(10)6(11)7(8(12)14-4)13-1-2-15/h4-12,15H,1-3H2/t4-,5+,6+,7-,8+/m1/s1. The molecule has 7 heteroatoms. The molecule has 5 atom stereocenters. The van der Waals surface area contributed by atoms with Crippen molar-refractivity contribution < 1.29 is 29.9 Å². The third-order valence-electron chi connectivity index (χ3n) is 2.24. The van der Waals surface area contributed by atoms with Crippen molar-refractivity contribution in [2.45, 2.75) is 30.7 Å². The Kier molecular flexibility index (Phi) is 5.27. The predicted molar refractivity (Wildman–Crippen MR) is 53.6 cm³/mol. The Balaban J connectivity index is 2.58. The van der Waals surface area contributed by atoms with E-state index >= 15 is 0 Å². The molecule has 1 aliphatic rings. The minimum absolute atomic E-state index is 0.224. The highest BCUT2D eigenvalue weighted by Crippen LogP contribution is 2.21. The summed E-state index contributed by atoms with van der Waals surface area (Å²) >= 11 is 3.91. The lowest BCUT2D eigenvalue weighted by molar-refractivity contribution is -0.295. The maximum Gasteiger partial charge on any atom is 0.184 e. The average Bonchev–Trinajstić information content (AvgIpc) is 2.23. The molecule has 0 unspecified atom stereocenters. The van der Waals surface area contributed by atoms with Gasteiger partial charge in [0.15, 0.2) is 6.29 Å². The smallest absolute Gasteiger partial charge is 0.184 e. The number of aliphatic hydroxyl groups is 4. The number of hydrogen-bond acceptors (Lipinski definition) is 7. The fraction of sp³-hybridized carbons (Fsp3) is 1.00. The zero-order valence-electron chi connectivity index (χ0n) is 8.06. The molecule has 0 radical (unpaired) electrons. The first kappa shape index (κ1) is 13.2. The largest absolute Gasteiger partial charge is 0.394 e. The van der Waals surface area contributed by atoms with Crippen LogP contribution in [0, 0.1) is 0 Å². The van der Waals surface area contributed by atoms with E-state index in [0.717, 1.165) is 0 Å². The molecular weight excluding hydrogens is 224 g/mol. The molecule has 0 aromatic rings. The quantitative estimate of drug-likeness (QED) is 0.355. The number of ether oxygens (including phenoxy) is 2. The lowest BCUT2D eigenvalue weighted by atomic mass is 9.99. The predicted octanol–water partition coefficient (Wildman–Crippen LogP) is -2.27. The van der Waals surface area contributed by atoms with Crippen molar-refractivity contribution in [1.29, 1.82) is 0 Å². The van der Waals surface area contributed by atoms with Gasteiger partial charge in [0.25, 0.3) is 0 Å². The van der Waals surface area contributed by atoms with Crippen LogP contribution < -0.4 is 0 Å². The van der Waals surface area contributed by atoms with Crippen molar-refractivity contribution in [3.63, 3.8) is 0 Å². The van der Waals surface area contributed by atoms with Gasteiger partial charge in [0, 0.05) is 5.75 Å². The van der Waals surface area contributed by atoms with E-state index in [1.54, 1.807) is 0 Å². The van der Waals surface area contributed by atoms with Crippen LogP contribution in [0.25, 0.3) is 0 Å². The third kappa shape index (κ3) is 3.04. The van der Waals surface area contributed by atoms with Crippen LogP contribution >= 0.6 is 12.6 Å². The van der Waals surface area contributed by atoms with Gasteiger partial charge in [0.2, 0.25) is 0 Å². The van der Waals surface area contributed by atoms with Crippen LogP contribution in [0.2, 0.25) is 0 Å². The summed E-state index contributed by atoms with van der Waals surface area (Å²) in [5.41, 5.74) is 0.